The lowest BCUT2D eigenvalue weighted by Gasteiger charge is -2.21. The zero-order valence-electron chi connectivity index (χ0n) is 15.6. The van der Waals surface area contributed by atoms with Gasteiger partial charge in [0.25, 0.3) is 0 Å². The average Bonchev–Trinajstić information content (AvgIpc) is 3.01. The van der Waals surface area contributed by atoms with Crippen LogP contribution in [0.25, 0.3) is 11.3 Å². The standard InChI is InChI=1S/C21H24F2N2OS/c1-13(2)27-20-6-4-5-19(24-20)16-10-17(22)21(18(23)11-16)25-8-7-15(12-25)9-14(3)26/h4-6,10-11,13,15,26H,3,7-9,12H2,1-2H3. The van der Waals surface area contributed by atoms with Crippen LogP contribution >= 0.6 is 11.8 Å². The monoisotopic (exact) mass is 390 g/mol. The Kier molecular flexibility index (Phi) is 6.05. The lowest BCUT2D eigenvalue weighted by Crippen LogP contribution is -2.22. The van der Waals surface area contributed by atoms with Gasteiger partial charge in [-0.05, 0) is 36.6 Å². The largest absolute Gasteiger partial charge is 0.513 e. The van der Waals surface area contributed by atoms with Crippen molar-refractivity contribution in [2.24, 2.45) is 5.92 Å². The molecule has 0 bridgehead atoms. The summed E-state index contributed by atoms with van der Waals surface area (Å²) in [5.74, 6) is -0.898. The third-order valence-corrected chi connectivity index (χ3v) is 5.46. The summed E-state index contributed by atoms with van der Waals surface area (Å²) in [6.07, 6.45) is 1.23. The molecule has 2 aromatic rings. The van der Waals surface area contributed by atoms with Crippen LogP contribution in [0.1, 0.15) is 26.7 Å². The van der Waals surface area contributed by atoms with Crippen LogP contribution < -0.4 is 4.90 Å². The van der Waals surface area contributed by atoms with Crippen LogP contribution in [0, 0.1) is 17.6 Å². The number of thioether (sulfide) groups is 1. The Balaban J connectivity index is 1.85. The lowest BCUT2D eigenvalue weighted by molar-refractivity contribution is 0.360. The van der Waals surface area contributed by atoms with Crippen molar-refractivity contribution in [3.05, 3.63) is 54.3 Å². The van der Waals surface area contributed by atoms with Gasteiger partial charge in [-0.25, -0.2) is 13.8 Å². The first-order valence-corrected chi connectivity index (χ1v) is 9.96. The highest BCUT2D eigenvalue weighted by Gasteiger charge is 2.27. The first-order valence-electron chi connectivity index (χ1n) is 9.08. The smallest absolute Gasteiger partial charge is 0.150 e. The predicted octanol–water partition coefficient (Wildman–Crippen LogP) is 5.82. The predicted molar refractivity (Wildman–Crippen MR) is 107 cm³/mol. The molecule has 0 amide bonds. The number of halogens is 2. The van der Waals surface area contributed by atoms with Gasteiger partial charge < -0.3 is 10.0 Å². The molecule has 27 heavy (non-hydrogen) atoms. The van der Waals surface area contributed by atoms with Crippen molar-refractivity contribution in [3.63, 3.8) is 0 Å². The van der Waals surface area contributed by atoms with Crippen LogP contribution in [0.5, 0.6) is 0 Å². The van der Waals surface area contributed by atoms with E-state index in [0.29, 0.717) is 36.0 Å². The molecular weight excluding hydrogens is 366 g/mol. The van der Waals surface area contributed by atoms with Crippen molar-refractivity contribution in [3.8, 4) is 11.3 Å². The average molecular weight is 390 g/mol. The molecule has 6 heteroatoms. The van der Waals surface area contributed by atoms with E-state index >= 15 is 0 Å². The van der Waals surface area contributed by atoms with Crippen LogP contribution in [-0.2, 0) is 0 Å². The summed E-state index contributed by atoms with van der Waals surface area (Å²) in [5.41, 5.74) is 0.984. The van der Waals surface area contributed by atoms with Gasteiger partial charge in [0.2, 0.25) is 0 Å². The fourth-order valence-electron chi connectivity index (χ4n) is 3.43. The highest BCUT2D eigenvalue weighted by molar-refractivity contribution is 7.99. The Morgan fingerprint density at radius 3 is 2.67 bits per heavy atom. The number of pyridine rings is 1. The number of hydrogen-bond acceptors (Lipinski definition) is 4. The van der Waals surface area contributed by atoms with E-state index in [-0.39, 0.29) is 17.4 Å². The number of aliphatic hydroxyl groups is 1. The molecule has 1 N–H and O–H groups in total. The van der Waals surface area contributed by atoms with E-state index in [0.717, 1.165) is 11.4 Å². The van der Waals surface area contributed by atoms with Crippen LogP contribution in [0.4, 0.5) is 14.5 Å². The molecule has 1 aliphatic rings. The van der Waals surface area contributed by atoms with Crippen LogP contribution in [0.2, 0.25) is 0 Å². The first-order chi connectivity index (χ1) is 12.8. The molecule has 1 atom stereocenters. The maximum atomic E-state index is 14.8. The minimum Gasteiger partial charge on any atom is -0.513 e. The molecule has 1 aliphatic heterocycles. The summed E-state index contributed by atoms with van der Waals surface area (Å²) >= 11 is 1.61. The third kappa shape index (κ3) is 4.80. The van der Waals surface area contributed by atoms with Crippen LogP contribution in [0.15, 0.2) is 47.7 Å². The molecule has 0 radical (unpaired) electrons. The van der Waals surface area contributed by atoms with Gasteiger partial charge in [0.05, 0.1) is 16.5 Å². The van der Waals surface area contributed by atoms with E-state index in [1.54, 1.807) is 22.7 Å². The summed E-state index contributed by atoms with van der Waals surface area (Å²) < 4.78 is 29.5. The van der Waals surface area contributed by atoms with E-state index in [4.69, 9.17) is 0 Å². The van der Waals surface area contributed by atoms with E-state index < -0.39 is 11.6 Å². The molecule has 0 spiro atoms. The summed E-state index contributed by atoms with van der Waals surface area (Å²) in [5, 5.41) is 10.6. The fraction of sp³-hybridized carbons (Fsp3) is 0.381. The minimum atomic E-state index is -0.586. The van der Waals surface area contributed by atoms with Crippen molar-refractivity contribution >= 4 is 17.4 Å². The van der Waals surface area contributed by atoms with Gasteiger partial charge in [0.1, 0.15) is 17.3 Å². The topological polar surface area (TPSA) is 36.4 Å². The number of nitrogens with zero attached hydrogens (tertiary/aromatic N) is 2. The van der Waals surface area contributed by atoms with Crippen molar-refractivity contribution in [2.75, 3.05) is 18.0 Å². The summed E-state index contributed by atoms with van der Waals surface area (Å²) in [6.45, 7) is 8.71. The Bertz CT molecular complexity index is 818. The second-order valence-corrected chi connectivity index (χ2v) is 8.78. The Labute approximate surface area is 163 Å². The van der Waals surface area contributed by atoms with Crippen molar-refractivity contribution in [2.45, 2.75) is 37.0 Å². The van der Waals surface area contributed by atoms with Crippen LogP contribution in [0.3, 0.4) is 0 Å². The van der Waals surface area contributed by atoms with Crippen LogP contribution in [-0.4, -0.2) is 28.4 Å². The molecule has 144 valence electrons. The summed E-state index contributed by atoms with van der Waals surface area (Å²) in [6, 6.07) is 8.21. The SMILES string of the molecule is C=C(O)CC1CCN(c2c(F)cc(-c3cccc(SC(C)C)n3)cc2F)C1. The number of rotatable bonds is 6. The fourth-order valence-corrected chi connectivity index (χ4v) is 4.22. The van der Waals surface area contributed by atoms with Gasteiger partial charge in [-0.2, -0.15) is 0 Å². The molecule has 1 fully saturated rings. The number of aromatic nitrogens is 1. The molecular formula is C21H24F2N2OS. The zero-order chi connectivity index (χ0) is 19.6. The molecule has 1 aromatic heterocycles. The Morgan fingerprint density at radius 2 is 2.04 bits per heavy atom. The minimum absolute atomic E-state index is 0.00230. The lowest BCUT2D eigenvalue weighted by atomic mass is 10.0. The van der Waals surface area contributed by atoms with Gasteiger partial charge in [0, 0.05) is 30.3 Å². The first kappa shape index (κ1) is 19.7. The molecule has 3 nitrogen and oxygen atoms in total. The molecule has 0 aliphatic carbocycles. The summed E-state index contributed by atoms with van der Waals surface area (Å²) in [7, 11) is 0. The zero-order valence-corrected chi connectivity index (χ0v) is 16.4. The van der Waals surface area contributed by atoms with E-state index in [1.807, 2.05) is 12.1 Å². The molecule has 1 aromatic carbocycles. The number of aliphatic hydroxyl groups excluding tert-OH is 1. The van der Waals surface area contributed by atoms with Crippen molar-refractivity contribution in [1.82, 2.24) is 4.98 Å². The Hall–Kier alpha value is -2.08. The number of anilines is 1. The van der Waals surface area contributed by atoms with Gasteiger partial charge in [-0.3, -0.25) is 0 Å². The summed E-state index contributed by atoms with van der Waals surface area (Å²) in [4.78, 5) is 6.22. The number of allylic oxidation sites excluding steroid dienone is 1. The normalized spacial score (nSPS) is 16.9. The second kappa shape index (κ2) is 8.30. The molecule has 3 rings (SSSR count). The quantitative estimate of drug-likeness (QED) is 0.498. The maximum Gasteiger partial charge on any atom is 0.150 e. The molecule has 1 unspecified atom stereocenters. The highest BCUT2D eigenvalue weighted by Crippen LogP contribution is 2.34. The molecule has 0 saturated carbocycles. The highest BCUT2D eigenvalue weighted by atomic mass is 32.2. The van der Waals surface area contributed by atoms with Gasteiger partial charge in [-0.1, -0.05) is 26.5 Å². The molecule has 2 heterocycles. The van der Waals surface area contributed by atoms with Gasteiger partial charge >= 0.3 is 0 Å². The van der Waals surface area contributed by atoms with Gasteiger partial charge in [0.15, 0.2) is 0 Å². The van der Waals surface area contributed by atoms with E-state index in [2.05, 4.69) is 25.4 Å². The maximum absolute atomic E-state index is 14.8. The van der Waals surface area contributed by atoms with E-state index in [9.17, 15) is 13.9 Å². The Morgan fingerprint density at radius 1 is 1.33 bits per heavy atom. The van der Waals surface area contributed by atoms with Crippen molar-refractivity contribution in [1.29, 1.82) is 0 Å². The number of hydrogen-bond donors (Lipinski definition) is 1. The van der Waals surface area contributed by atoms with Crippen molar-refractivity contribution < 1.29 is 13.9 Å². The second-order valence-electron chi connectivity index (χ2n) is 7.19. The molecule has 1 saturated heterocycles. The number of benzene rings is 1. The van der Waals surface area contributed by atoms with Gasteiger partial charge in [-0.15, -0.1) is 11.8 Å². The van der Waals surface area contributed by atoms with E-state index in [1.165, 1.54) is 12.1 Å². The third-order valence-electron chi connectivity index (χ3n) is 4.52.